The van der Waals surface area contributed by atoms with Crippen LogP contribution in [0.5, 0.6) is 0 Å². The molecule has 0 aromatic carbocycles. The summed E-state index contributed by atoms with van der Waals surface area (Å²) in [5, 5.41) is 3.19. The van der Waals surface area contributed by atoms with Gasteiger partial charge in [0.25, 0.3) is 0 Å². The predicted octanol–water partition coefficient (Wildman–Crippen LogP) is 0.454. The number of nitrogens with zero attached hydrogens (tertiary/aromatic N) is 2. The fourth-order valence-electron chi connectivity index (χ4n) is 2.13. The highest BCUT2D eigenvalue weighted by atomic mass is 16.2. The van der Waals surface area contributed by atoms with Crippen LogP contribution in [0.25, 0.3) is 0 Å². The molecule has 1 rings (SSSR count). The molecule has 1 fully saturated rings. The summed E-state index contributed by atoms with van der Waals surface area (Å²) in [6, 6.07) is -0.299. The largest absolute Gasteiger partial charge is 0.309 e. The van der Waals surface area contributed by atoms with Crippen LogP contribution in [0.15, 0.2) is 0 Å². The maximum Gasteiger partial charge on any atom is 0.247 e. The zero-order valence-electron chi connectivity index (χ0n) is 11.9. The topological polar surface area (TPSA) is 52.7 Å². The first-order valence-electron chi connectivity index (χ1n) is 6.71. The van der Waals surface area contributed by atoms with E-state index in [-0.39, 0.29) is 23.9 Å². The fraction of sp³-hybridized carbons (Fsp3) is 0.846. The Morgan fingerprint density at radius 3 is 2.67 bits per heavy atom. The monoisotopic (exact) mass is 255 g/mol. The van der Waals surface area contributed by atoms with E-state index in [0.717, 1.165) is 25.9 Å². The summed E-state index contributed by atoms with van der Waals surface area (Å²) < 4.78 is 0. The molecule has 2 atom stereocenters. The molecule has 2 unspecified atom stereocenters. The van der Waals surface area contributed by atoms with Crippen LogP contribution >= 0.6 is 0 Å². The Bertz CT molecular complexity index is 305. The summed E-state index contributed by atoms with van der Waals surface area (Å²) in [5.41, 5.74) is 0. The van der Waals surface area contributed by atoms with Gasteiger partial charge in [-0.05, 0) is 47.0 Å². The van der Waals surface area contributed by atoms with Crippen molar-refractivity contribution >= 4 is 11.8 Å². The molecular formula is C13H25N3O2. The van der Waals surface area contributed by atoms with Gasteiger partial charge < -0.3 is 10.2 Å². The van der Waals surface area contributed by atoms with Gasteiger partial charge in [0.2, 0.25) is 11.8 Å². The van der Waals surface area contributed by atoms with Crippen molar-refractivity contribution in [3.05, 3.63) is 0 Å². The zero-order chi connectivity index (χ0) is 13.7. The van der Waals surface area contributed by atoms with Crippen LogP contribution in [-0.2, 0) is 9.59 Å². The van der Waals surface area contributed by atoms with Gasteiger partial charge in [0.05, 0.1) is 12.5 Å². The Morgan fingerprint density at radius 2 is 2.11 bits per heavy atom. The van der Waals surface area contributed by atoms with Crippen LogP contribution in [0.4, 0.5) is 0 Å². The first kappa shape index (κ1) is 15.1. The van der Waals surface area contributed by atoms with Gasteiger partial charge in [-0.1, -0.05) is 6.92 Å². The van der Waals surface area contributed by atoms with Crippen LogP contribution in [0.2, 0.25) is 0 Å². The minimum absolute atomic E-state index is 0.0126. The van der Waals surface area contributed by atoms with Crippen LogP contribution < -0.4 is 5.32 Å². The number of imide groups is 1. The van der Waals surface area contributed by atoms with Gasteiger partial charge >= 0.3 is 0 Å². The van der Waals surface area contributed by atoms with Crippen molar-refractivity contribution in [2.75, 3.05) is 27.2 Å². The lowest BCUT2D eigenvalue weighted by Gasteiger charge is -2.21. The molecule has 0 radical (unpaired) electrons. The van der Waals surface area contributed by atoms with Crippen molar-refractivity contribution in [2.45, 2.75) is 45.2 Å². The molecule has 18 heavy (non-hydrogen) atoms. The van der Waals surface area contributed by atoms with Crippen molar-refractivity contribution in [3.8, 4) is 0 Å². The highest BCUT2D eigenvalue weighted by Gasteiger charge is 2.39. The van der Waals surface area contributed by atoms with Crippen molar-refractivity contribution < 1.29 is 9.59 Å². The van der Waals surface area contributed by atoms with Gasteiger partial charge in [-0.3, -0.25) is 14.5 Å². The first-order valence-corrected chi connectivity index (χ1v) is 6.71. The molecule has 0 aromatic rings. The van der Waals surface area contributed by atoms with E-state index in [4.69, 9.17) is 0 Å². The second-order valence-corrected chi connectivity index (χ2v) is 5.23. The Balaban J connectivity index is 2.41. The van der Waals surface area contributed by atoms with Crippen LogP contribution in [-0.4, -0.2) is 60.9 Å². The van der Waals surface area contributed by atoms with Crippen molar-refractivity contribution in [1.29, 1.82) is 0 Å². The van der Waals surface area contributed by atoms with Gasteiger partial charge in [-0.15, -0.1) is 0 Å². The molecule has 5 nitrogen and oxygen atoms in total. The second-order valence-electron chi connectivity index (χ2n) is 5.23. The number of rotatable bonds is 7. The molecular weight excluding hydrogens is 230 g/mol. The minimum Gasteiger partial charge on any atom is -0.309 e. The number of carbonyl (C=O) groups excluding carboxylic acids is 2. The molecule has 0 spiro atoms. The fourth-order valence-corrected chi connectivity index (χ4v) is 2.13. The average Bonchev–Trinajstić information content (AvgIpc) is 2.59. The Morgan fingerprint density at radius 1 is 1.44 bits per heavy atom. The third kappa shape index (κ3) is 3.78. The van der Waals surface area contributed by atoms with Crippen LogP contribution in [0, 0.1) is 0 Å². The first-order chi connectivity index (χ1) is 8.47. The van der Waals surface area contributed by atoms with Gasteiger partial charge in [0.1, 0.15) is 0 Å². The van der Waals surface area contributed by atoms with E-state index >= 15 is 0 Å². The van der Waals surface area contributed by atoms with E-state index in [0.29, 0.717) is 6.42 Å². The molecule has 1 aliphatic heterocycles. The lowest BCUT2D eigenvalue weighted by atomic mass is 10.2. The third-order valence-electron chi connectivity index (χ3n) is 3.39. The van der Waals surface area contributed by atoms with Crippen molar-refractivity contribution in [3.63, 3.8) is 0 Å². The van der Waals surface area contributed by atoms with E-state index in [9.17, 15) is 9.59 Å². The van der Waals surface area contributed by atoms with Crippen LogP contribution in [0.1, 0.15) is 33.1 Å². The van der Waals surface area contributed by atoms with E-state index in [1.54, 1.807) is 0 Å². The molecule has 2 amide bonds. The summed E-state index contributed by atoms with van der Waals surface area (Å²) in [6.07, 6.45) is 2.10. The molecule has 5 heteroatoms. The number of likely N-dealkylation sites (tertiary alicyclic amines) is 1. The molecule has 104 valence electrons. The van der Waals surface area contributed by atoms with E-state index in [1.165, 1.54) is 4.90 Å². The second kappa shape index (κ2) is 6.85. The van der Waals surface area contributed by atoms with E-state index in [2.05, 4.69) is 10.2 Å². The van der Waals surface area contributed by atoms with E-state index < -0.39 is 0 Å². The van der Waals surface area contributed by atoms with Gasteiger partial charge in [-0.2, -0.15) is 0 Å². The molecule has 0 bridgehead atoms. The summed E-state index contributed by atoms with van der Waals surface area (Å²) in [5.74, 6) is -0.0985. The lowest BCUT2D eigenvalue weighted by molar-refractivity contribution is -0.141. The van der Waals surface area contributed by atoms with Crippen molar-refractivity contribution in [1.82, 2.24) is 15.1 Å². The maximum absolute atomic E-state index is 12.1. The zero-order valence-corrected chi connectivity index (χ0v) is 11.9. The number of hydrogen-bond acceptors (Lipinski definition) is 4. The van der Waals surface area contributed by atoms with Gasteiger partial charge in [0, 0.05) is 6.04 Å². The van der Waals surface area contributed by atoms with Crippen LogP contribution in [0.3, 0.4) is 0 Å². The molecule has 0 aliphatic carbocycles. The number of carbonyl (C=O) groups is 2. The molecule has 1 saturated heterocycles. The Kier molecular flexibility index (Phi) is 5.75. The Labute approximate surface area is 110 Å². The SMILES string of the molecule is CCC(C)N1C(=O)CC(NCCCN(C)C)C1=O. The highest BCUT2D eigenvalue weighted by molar-refractivity contribution is 6.05. The lowest BCUT2D eigenvalue weighted by Crippen LogP contribution is -2.43. The highest BCUT2D eigenvalue weighted by Crippen LogP contribution is 2.17. The predicted molar refractivity (Wildman–Crippen MR) is 71.2 cm³/mol. The average molecular weight is 255 g/mol. The normalized spacial score (nSPS) is 22.1. The van der Waals surface area contributed by atoms with Gasteiger partial charge in [-0.25, -0.2) is 0 Å². The van der Waals surface area contributed by atoms with Gasteiger partial charge in [0.15, 0.2) is 0 Å². The summed E-state index contributed by atoms with van der Waals surface area (Å²) in [6.45, 7) is 5.67. The quantitative estimate of drug-likeness (QED) is 0.530. The van der Waals surface area contributed by atoms with E-state index in [1.807, 2.05) is 27.9 Å². The molecule has 0 saturated carbocycles. The smallest absolute Gasteiger partial charge is 0.247 e. The van der Waals surface area contributed by atoms with Crippen molar-refractivity contribution in [2.24, 2.45) is 0 Å². The molecule has 1 heterocycles. The summed E-state index contributed by atoms with van der Waals surface area (Å²) in [7, 11) is 4.05. The third-order valence-corrected chi connectivity index (χ3v) is 3.39. The molecule has 0 aromatic heterocycles. The number of hydrogen-bond donors (Lipinski definition) is 1. The molecule has 1 aliphatic rings. The number of nitrogens with one attached hydrogen (secondary N) is 1. The number of amides is 2. The Hall–Kier alpha value is -0.940. The molecule has 1 N–H and O–H groups in total. The maximum atomic E-state index is 12.1. The summed E-state index contributed by atoms with van der Waals surface area (Å²) >= 11 is 0. The summed E-state index contributed by atoms with van der Waals surface area (Å²) in [4.78, 5) is 27.4. The standard InChI is InChI=1S/C13H25N3O2/c1-5-10(2)16-12(17)9-11(13(16)18)14-7-6-8-15(3)4/h10-11,14H,5-9H2,1-4H3. The minimum atomic E-state index is -0.311.